The molecule has 1 fully saturated rings. The van der Waals surface area contributed by atoms with Crippen LogP contribution < -0.4 is 11.1 Å². The first-order valence-electron chi connectivity index (χ1n) is 7.13. The number of aromatic nitrogens is 1. The van der Waals surface area contributed by atoms with Crippen molar-refractivity contribution in [3.8, 4) is 10.4 Å². The number of anilines is 1. The molecule has 1 aliphatic rings. The largest absolute Gasteiger partial charge is 0.383 e. The summed E-state index contributed by atoms with van der Waals surface area (Å²) >= 11 is 1.72. The number of hydrogen-bond donors (Lipinski definition) is 2. The zero-order valence-electron chi connectivity index (χ0n) is 12.5. The minimum absolute atomic E-state index is 0.129. The average molecular weight is 314 g/mol. The first-order valence-corrected chi connectivity index (χ1v) is 7.95. The fourth-order valence-electron chi connectivity index (χ4n) is 2.56. The molecular formula is C16H18N4OS. The maximum atomic E-state index is 11.6. The van der Waals surface area contributed by atoms with Crippen molar-refractivity contribution in [3.05, 3.63) is 34.8 Å². The van der Waals surface area contributed by atoms with Gasteiger partial charge in [-0.1, -0.05) is 0 Å². The van der Waals surface area contributed by atoms with Gasteiger partial charge in [0, 0.05) is 59.2 Å². The third kappa shape index (κ3) is 2.74. The molecular weight excluding hydrogens is 296 g/mol. The van der Waals surface area contributed by atoms with Crippen LogP contribution in [-0.2, 0) is 4.79 Å². The fourth-order valence-corrected chi connectivity index (χ4v) is 3.73. The van der Waals surface area contributed by atoms with E-state index in [9.17, 15) is 4.79 Å². The molecule has 0 bridgehead atoms. The summed E-state index contributed by atoms with van der Waals surface area (Å²) in [4.78, 5) is 22.3. The molecule has 1 aliphatic carbocycles. The van der Waals surface area contributed by atoms with E-state index in [0.717, 1.165) is 22.4 Å². The van der Waals surface area contributed by atoms with Crippen molar-refractivity contribution in [2.45, 2.75) is 12.3 Å². The van der Waals surface area contributed by atoms with Crippen LogP contribution in [0, 0.1) is 5.92 Å². The van der Waals surface area contributed by atoms with Crippen molar-refractivity contribution < 1.29 is 4.79 Å². The van der Waals surface area contributed by atoms with E-state index in [-0.39, 0.29) is 11.8 Å². The molecule has 2 aromatic heterocycles. The highest BCUT2D eigenvalue weighted by Crippen LogP contribution is 2.50. The second-order valence-electron chi connectivity index (χ2n) is 5.35. The SMILES string of the molecule is CN=Cc1cc(-c2ccc(C3CC3C(=O)NC)s2)cnc1N. The van der Waals surface area contributed by atoms with Crippen molar-refractivity contribution >= 4 is 29.3 Å². The Labute approximate surface area is 133 Å². The van der Waals surface area contributed by atoms with Crippen molar-refractivity contribution in [2.24, 2.45) is 10.9 Å². The Balaban J connectivity index is 1.83. The van der Waals surface area contributed by atoms with Crippen LogP contribution in [0.4, 0.5) is 5.82 Å². The zero-order chi connectivity index (χ0) is 15.7. The van der Waals surface area contributed by atoms with E-state index in [4.69, 9.17) is 5.73 Å². The van der Waals surface area contributed by atoms with Crippen LogP contribution >= 0.6 is 11.3 Å². The number of nitrogens with two attached hydrogens (primary N) is 1. The van der Waals surface area contributed by atoms with Crippen LogP contribution in [0.1, 0.15) is 22.8 Å². The zero-order valence-corrected chi connectivity index (χ0v) is 13.4. The lowest BCUT2D eigenvalue weighted by Crippen LogP contribution is -2.20. The average Bonchev–Trinajstić information content (AvgIpc) is 3.18. The molecule has 0 aromatic carbocycles. The summed E-state index contributed by atoms with van der Waals surface area (Å²) in [6, 6.07) is 6.19. The molecule has 0 saturated heterocycles. The van der Waals surface area contributed by atoms with Crippen molar-refractivity contribution in [1.29, 1.82) is 0 Å². The van der Waals surface area contributed by atoms with Gasteiger partial charge in [0.25, 0.3) is 0 Å². The van der Waals surface area contributed by atoms with Gasteiger partial charge in [-0.15, -0.1) is 11.3 Å². The summed E-state index contributed by atoms with van der Waals surface area (Å²) in [5, 5.41) is 2.72. The first-order chi connectivity index (χ1) is 10.6. The molecule has 0 aliphatic heterocycles. The Kier molecular flexibility index (Phi) is 3.94. The van der Waals surface area contributed by atoms with Gasteiger partial charge in [0.1, 0.15) is 5.82 Å². The monoisotopic (exact) mass is 314 g/mol. The highest BCUT2D eigenvalue weighted by atomic mass is 32.1. The van der Waals surface area contributed by atoms with E-state index in [1.165, 1.54) is 4.88 Å². The molecule has 2 unspecified atom stereocenters. The fraction of sp³-hybridized carbons (Fsp3) is 0.312. The highest BCUT2D eigenvalue weighted by Gasteiger charge is 2.44. The number of rotatable bonds is 4. The molecule has 2 aromatic rings. The number of carbonyl (C=O) groups excluding carboxylic acids is 1. The summed E-state index contributed by atoms with van der Waals surface area (Å²) in [7, 11) is 3.40. The van der Waals surface area contributed by atoms with Crippen LogP contribution in [0.5, 0.6) is 0 Å². The third-order valence-electron chi connectivity index (χ3n) is 3.87. The number of aliphatic imine (C=N–C) groups is 1. The smallest absolute Gasteiger partial charge is 0.223 e. The second-order valence-corrected chi connectivity index (χ2v) is 6.47. The number of nitrogens with one attached hydrogen (secondary N) is 1. The molecule has 5 nitrogen and oxygen atoms in total. The van der Waals surface area contributed by atoms with Gasteiger partial charge in [0.15, 0.2) is 0 Å². The predicted molar refractivity (Wildman–Crippen MR) is 90.4 cm³/mol. The Morgan fingerprint density at radius 3 is 3.09 bits per heavy atom. The van der Waals surface area contributed by atoms with Gasteiger partial charge in [-0.2, -0.15) is 0 Å². The van der Waals surface area contributed by atoms with Gasteiger partial charge in [-0.25, -0.2) is 4.98 Å². The van der Waals surface area contributed by atoms with Gasteiger partial charge in [-0.05, 0) is 24.6 Å². The van der Waals surface area contributed by atoms with E-state index >= 15 is 0 Å². The van der Waals surface area contributed by atoms with E-state index in [2.05, 4.69) is 27.4 Å². The molecule has 0 spiro atoms. The summed E-state index contributed by atoms with van der Waals surface area (Å²) < 4.78 is 0. The number of pyridine rings is 1. The number of hydrogen-bond acceptors (Lipinski definition) is 5. The van der Waals surface area contributed by atoms with Crippen molar-refractivity contribution in [1.82, 2.24) is 10.3 Å². The summed E-state index contributed by atoms with van der Waals surface area (Å²) in [6.07, 6.45) is 4.43. The van der Waals surface area contributed by atoms with E-state index < -0.39 is 0 Å². The summed E-state index contributed by atoms with van der Waals surface area (Å²) in [5.74, 6) is 1.10. The molecule has 1 amide bonds. The van der Waals surface area contributed by atoms with Crippen molar-refractivity contribution in [2.75, 3.05) is 19.8 Å². The molecule has 0 radical (unpaired) electrons. The number of nitrogen functional groups attached to an aromatic ring is 1. The molecule has 114 valence electrons. The van der Waals surface area contributed by atoms with Crippen LogP contribution in [0.15, 0.2) is 29.4 Å². The van der Waals surface area contributed by atoms with E-state index in [0.29, 0.717) is 11.7 Å². The first kappa shape index (κ1) is 14.7. The molecule has 1 saturated carbocycles. The number of amides is 1. The van der Waals surface area contributed by atoms with Gasteiger partial charge in [-0.3, -0.25) is 9.79 Å². The van der Waals surface area contributed by atoms with Gasteiger partial charge >= 0.3 is 0 Å². The highest BCUT2D eigenvalue weighted by molar-refractivity contribution is 7.15. The van der Waals surface area contributed by atoms with E-state index in [1.54, 1.807) is 37.8 Å². The Bertz CT molecular complexity index is 737. The quantitative estimate of drug-likeness (QED) is 0.850. The number of thiophene rings is 1. The second kappa shape index (κ2) is 5.88. The van der Waals surface area contributed by atoms with Crippen LogP contribution in [0.3, 0.4) is 0 Å². The summed E-state index contributed by atoms with van der Waals surface area (Å²) in [6.45, 7) is 0. The van der Waals surface area contributed by atoms with Crippen LogP contribution in [-0.4, -0.2) is 31.2 Å². The topological polar surface area (TPSA) is 80.4 Å². The molecule has 2 heterocycles. The lowest BCUT2D eigenvalue weighted by Gasteiger charge is -2.02. The van der Waals surface area contributed by atoms with Crippen molar-refractivity contribution in [3.63, 3.8) is 0 Å². The standard InChI is InChI=1S/C16H18N4OS/c1-18-7-10-5-9(8-20-15(10)17)13-3-4-14(22-13)11-6-12(11)16(21)19-2/h3-5,7-8,11-12H,6H2,1-2H3,(H2,17,20)(H,19,21). The Hall–Kier alpha value is -2.21. The lowest BCUT2D eigenvalue weighted by atomic mass is 10.1. The molecule has 3 rings (SSSR count). The molecule has 22 heavy (non-hydrogen) atoms. The van der Waals surface area contributed by atoms with Gasteiger partial charge < -0.3 is 11.1 Å². The summed E-state index contributed by atoms with van der Waals surface area (Å²) in [5.41, 5.74) is 7.69. The number of carbonyl (C=O) groups is 1. The molecule has 6 heteroatoms. The normalized spacial score (nSPS) is 20.3. The lowest BCUT2D eigenvalue weighted by molar-refractivity contribution is -0.121. The number of nitrogens with zero attached hydrogens (tertiary/aromatic N) is 2. The minimum Gasteiger partial charge on any atom is -0.383 e. The third-order valence-corrected chi connectivity index (χ3v) is 5.13. The Morgan fingerprint density at radius 1 is 1.55 bits per heavy atom. The molecule has 2 atom stereocenters. The predicted octanol–water partition coefficient (Wildman–Crippen LogP) is 2.29. The maximum absolute atomic E-state index is 11.6. The van der Waals surface area contributed by atoms with Gasteiger partial charge in [0.2, 0.25) is 5.91 Å². The Morgan fingerprint density at radius 2 is 2.36 bits per heavy atom. The van der Waals surface area contributed by atoms with Crippen LogP contribution in [0.2, 0.25) is 0 Å². The van der Waals surface area contributed by atoms with E-state index in [1.807, 2.05) is 6.07 Å². The van der Waals surface area contributed by atoms with Crippen LogP contribution in [0.25, 0.3) is 10.4 Å². The molecule has 3 N–H and O–H groups in total. The minimum atomic E-state index is 0.129. The van der Waals surface area contributed by atoms with Gasteiger partial charge in [0.05, 0.1) is 0 Å². The maximum Gasteiger partial charge on any atom is 0.223 e.